The molecule has 0 aromatic heterocycles. The summed E-state index contributed by atoms with van der Waals surface area (Å²) >= 11 is 1.36. The van der Waals surface area contributed by atoms with Gasteiger partial charge in [-0.25, -0.2) is 0 Å². The van der Waals surface area contributed by atoms with Gasteiger partial charge >= 0.3 is 5.97 Å². The number of ether oxygens (including phenoxy) is 1. The Labute approximate surface area is 115 Å². The highest BCUT2D eigenvalue weighted by molar-refractivity contribution is 7.99. The van der Waals surface area contributed by atoms with Crippen LogP contribution in [0.2, 0.25) is 0 Å². The average Bonchev–Trinajstić information content (AvgIpc) is 2.40. The molecule has 0 heterocycles. The van der Waals surface area contributed by atoms with Gasteiger partial charge in [0.25, 0.3) is 5.69 Å². The number of carbonyl (C=O) groups is 1. The second-order valence-electron chi connectivity index (χ2n) is 3.70. The maximum atomic E-state index is 11.0. The van der Waals surface area contributed by atoms with E-state index in [0.717, 1.165) is 17.8 Å². The van der Waals surface area contributed by atoms with Crippen molar-refractivity contribution in [1.82, 2.24) is 0 Å². The molecule has 0 spiro atoms. The number of nitro groups is 1. The summed E-state index contributed by atoms with van der Waals surface area (Å²) in [6, 6.07) is 4.68. The van der Waals surface area contributed by atoms with E-state index in [1.807, 2.05) is 6.92 Å². The van der Waals surface area contributed by atoms with Crippen LogP contribution in [0.25, 0.3) is 0 Å². The van der Waals surface area contributed by atoms with Gasteiger partial charge in [0.05, 0.1) is 17.8 Å². The Kier molecular flexibility index (Phi) is 6.14. The van der Waals surface area contributed by atoms with Crippen LogP contribution < -0.4 is 5.32 Å². The van der Waals surface area contributed by atoms with E-state index in [2.05, 4.69) is 10.1 Å². The van der Waals surface area contributed by atoms with Gasteiger partial charge in [-0.3, -0.25) is 14.9 Å². The molecule has 1 aromatic rings. The fraction of sp³-hybridized carbons (Fsp3) is 0.417. The summed E-state index contributed by atoms with van der Waals surface area (Å²) in [5.41, 5.74) is 1.71. The monoisotopic (exact) mass is 284 g/mol. The van der Waals surface area contributed by atoms with Crippen LogP contribution in [0.1, 0.15) is 12.5 Å². The third kappa shape index (κ3) is 4.78. The lowest BCUT2D eigenvalue weighted by atomic mass is 10.2. The molecule has 0 unspecified atom stereocenters. The molecule has 0 amide bonds. The summed E-state index contributed by atoms with van der Waals surface area (Å²) in [5, 5.41) is 13.9. The number of nitrogens with zero attached hydrogens (tertiary/aromatic N) is 1. The Bertz CT molecular complexity index is 465. The molecule has 0 fully saturated rings. The zero-order valence-electron chi connectivity index (χ0n) is 10.8. The fourth-order valence-corrected chi connectivity index (χ4v) is 2.32. The van der Waals surface area contributed by atoms with Gasteiger partial charge in [0, 0.05) is 30.1 Å². The van der Waals surface area contributed by atoms with Crippen LogP contribution in [0.15, 0.2) is 18.2 Å². The van der Waals surface area contributed by atoms with E-state index in [4.69, 9.17) is 0 Å². The Hall–Kier alpha value is -1.76. The summed E-state index contributed by atoms with van der Waals surface area (Å²) in [6.07, 6.45) is 0. The molecule has 6 nitrogen and oxygen atoms in total. The standard InChI is InChI=1S/C12H16N2O4S/c1-3-13-11-5-4-10(14(16)17)6-9(11)7-19-8-12(15)18-2/h4-6,13H,3,7-8H2,1-2H3. The second-order valence-corrected chi connectivity index (χ2v) is 4.68. The lowest BCUT2D eigenvalue weighted by Gasteiger charge is -2.10. The molecule has 0 aliphatic rings. The zero-order valence-corrected chi connectivity index (χ0v) is 11.7. The number of nitro benzene ring substituents is 1. The predicted octanol–water partition coefficient (Wildman–Crippen LogP) is 2.43. The van der Waals surface area contributed by atoms with Crippen LogP contribution in [0.5, 0.6) is 0 Å². The van der Waals surface area contributed by atoms with Gasteiger partial charge in [0.15, 0.2) is 0 Å². The molecular formula is C12H16N2O4S. The topological polar surface area (TPSA) is 81.5 Å². The highest BCUT2D eigenvalue weighted by Gasteiger charge is 2.11. The highest BCUT2D eigenvalue weighted by Crippen LogP contribution is 2.26. The normalized spacial score (nSPS) is 10.0. The van der Waals surface area contributed by atoms with Crippen LogP contribution in [0.3, 0.4) is 0 Å². The Morgan fingerprint density at radius 1 is 1.53 bits per heavy atom. The van der Waals surface area contributed by atoms with Crippen LogP contribution in [0, 0.1) is 10.1 Å². The number of esters is 1. The molecule has 0 saturated heterocycles. The van der Waals surface area contributed by atoms with E-state index in [0.29, 0.717) is 5.75 Å². The largest absolute Gasteiger partial charge is 0.468 e. The van der Waals surface area contributed by atoms with Crippen molar-refractivity contribution in [3.63, 3.8) is 0 Å². The van der Waals surface area contributed by atoms with E-state index < -0.39 is 4.92 Å². The Morgan fingerprint density at radius 3 is 2.84 bits per heavy atom. The molecule has 1 aromatic carbocycles. The minimum Gasteiger partial charge on any atom is -0.468 e. The van der Waals surface area contributed by atoms with Crippen LogP contribution in [-0.4, -0.2) is 30.3 Å². The number of non-ortho nitro benzene ring substituents is 1. The van der Waals surface area contributed by atoms with Crippen molar-refractivity contribution in [1.29, 1.82) is 0 Å². The number of nitrogens with one attached hydrogen (secondary N) is 1. The van der Waals surface area contributed by atoms with Crippen molar-refractivity contribution >= 4 is 29.1 Å². The minimum absolute atomic E-state index is 0.0512. The molecule has 0 atom stereocenters. The van der Waals surface area contributed by atoms with E-state index in [9.17, 15) is 14.9 Å². The number of methoxy groups -OCH3 is 1. The highest BCUT2D eigenvalue weighted by atomic mass is 32.2. The molecular weight excluding hydrogens is 268 g/mol. The average molecular weight is 284 g/mol. The van der Waals surface area contributed by atoms with E-state index in [1.165, 1.54) is 31.0 Å². The zero-order chi connectivity index (χ0) is 14.3. The van der Waals surface area contributed by atoms with Crippen molar-refractivity contribution in [2.75, 3.05) is 24.7 Å². The Balaban J connectivity index is 2.79. The number of carbonyl (C=O) groups excluding carboxylic acids is 1. The maximum absolute atomic E-state index is 11.0. The maximum Gasteiger partial charge on any atom is 0.315 e. The SMILES string of the molecule is CCNc1ccc([N+](=O)[O-])cc1CSCC(=O)OC. The van der Waals surface area contributed by atoms with Gasteiger partial charge in [0.2, 0.25) is 0 Å². The molecule has 0 bridgehead atoms. The van der Waals surface area contributed by atoms with E-state index >= 15 is 0 Å². The molecule has 0 radical (unpaired) electrons. The summed E-state index contributed by atoms with van der Waals surface area (Å²) in [4.78, 5) is 21.3. The van der Waals surface area contributed by atoms with Crippen molar-refractivity contribution in [3.8, 4) is 0 Å². The first-order valence-corrected chi connectivity index (χ1v) is 6.89. The predicted molar refractivity (Wildman–Crippen MR) is 75.4 cm³/mol. The van der Waals surface area contributed by atoms with Crippen molar-refractivity contribution < 1.29 is 14.5 Å². The Morgan fingerprint density at radius 2 is 2.26 bits per heavy atom. The van der Waals surface area contributed by atoms with Gasteiger partial charge in [-0.1, -0.05) is 0 Å². The van der Waals surface area contributed by atoms with Crippen molar-refractivity contribution in [2.24, 2.45) is 0 Å². The number of thioether (sulfide) groups is 1. The first-order chi connectivity index (χ1) is 9.08. The number of rotatable bonds is 7. The number of hydrogen-bond acceptors (Lipinski definition) is 6. The summed E-state index contributed by atoms with van der Waals surface area (Å²) in [6.45, 7) is 2.68. The fourth-order valence-electron chi connectivity index (χ4n) is 1.48. The molecule has 0 aliphatic carbocycles. The van der Waals surface area contributed by atoms with Crippen molar-refractivity contribution in [3.05, 3.63) is 33.9 Å². The molecule has 104 valence electrons. The smallest absolute Gasteiger partial charge is 0.315 e. The first kappa shape index (κ1) is 15.3. The third-order valence-electron chi connectivity index (χ3n) is 2.37. The molecule has 7 heteroatoms. The van der Waals surface area contributed by atoms with Gasteiger partial charge < -0.3 is 10.1 Å². The lowest BCUT2D eigenvalue weighted by molar-refractivity contribution is -0.384. The quantitative estimate of drug-likeness (QED) is 0.470. The molecule has 19 heavy (non-hydrogen) atoms. The summed E-state index contributed by atoms with van der Waals surface area (Å²) < 4.78 is 4.54. The summed E-state index contributed by atoms with van der Waals surface area (Å²) in [7, 11) is 1.33. The number of anilines is 1. The second kappa shape index (κ2) is 7.63. The number of hydrogen-bond donors (Lipinski definition) is 1. The molecule has 1 rings (SSSR count). The molecule has 0 saturated carbocycles. The number of benzene rings is 1. The minimum atomic E-state index is -0.426. The van der Waals surface area contributed by atoms with Crippen LogP contribution in [-0.2, 0) is 15.3 Å². The van der Waals surface area contributed by atoms with Crippen LogP contribution >= 0.6 is 11.8 Å². The lowest BCUT2D eigenvalue weighted by Crippen LogP contribution is -2.05. The van der Waals surface area contributed by atoms with Gasteiger partial charge in [-0.2, -0.15) is 0 Å². The van der Waals surface area contributed by atoms with Gasteiger partial charge in [-0.15, -0.1) is 11.8 Å². The first-order valence-electron chi connectivity index (χ1n) is 5.74. The third-order valence-corrected chi connectivity index (χ3v) is 3.33. The molecule has 0 aliphatic heterocycles. The van der Waals surface area contributed by atoms with Gasteiger partial charge in [-0.05, 0) is 18.6 Å². The molecule has 1 N–H and O–H groups in total. The van der Waals surface area contributed by atoms with E-state index in [-0.39, 0.29) is 17.4 Å². The van der Waals surface area contributed by atoms with Gasteiger partial charge in [0.1, 0.15) is 0 Å². The van der Waals surface area contributed by atoms with Crippen molar-refractivity contribution in [2.45, 2.75) is 12.7 Å². The van der Waals surface area contributed by atoms with Crippen LogP contribution in [0.4, 0.5) is 11.4 Å². The van der Waals surface area contributed by atoms with E-state index in [1.54, 1.807) is 6.07 Å². The summed E-state index contributed by atoms with van der Waals surface area (Å²) in [5.74, 6) is 0.435.